The van der Waals surface area contributed by atoms with Crippen molar-refractivity contribution in [2.24, 2.45) is 0 Å². The summed E-state index contributed by atoms with van der Waals surface area (Å²) in [6, 6.07) is 0. The fourth-order valence-corrected chi connectivity index (χ4v) is 3.52. The molecule has 17 heavy (non-hydrogen) atoms. The Labute approximate surface area is 104 Å². The molecular weight excluding hydrogens is 240 g/mol. The third kappa shape index (κ3) is 4.91. The monoisotopic (exact) mass is 264 g/mol. The minimum Gasteiger partial charge on any atom is -0.375 e. The molecule has 2 N–H and O–H groups in total. The van der Waals surface area contributed by atoms with Crippen LogP contribution in [0.1, 0.15) is 33.6 Å². The maximum absolute atomic E-state index is 12.0. The van der Waals surface area contributed by atoms with Crippen molar-refractivity contribution in [3.63, 3.8) is 0 Å². The van der Waals surface area contributed by atoms with Crippen LogP contribution in [-0.4, -0.2) is 45.5 Å². The molecule has 6 heteroatoms. The summed E-state index contributed by atoms with van der Waals surface area (Å²) in [5.41, 5.74) is -0.454. The third-order valence-corrected chi connectivity index (χ3v) is 4.75. The molecule has 5 nitrogen and oxygen atoms in total. The van der Waals surface area contributed by atoms with E-state index in [0.717, 1.165) is 19.4 Å². The Hall–Kier alpha value is -0.170. The van der Waals surface area contributed by atoms with Crippen LogP contribution in [0.25, 0.3) is 0 Å². The van der Waals surface area contributed by atoms with Crippen LogP contribution in [0.3, 0.4) is 0 Å². The van der Waals surface area contributed by atoms with Crippen LogP contribution in [0.4, 0.5) is 0 Å². The fourth-order valence-electron chi connectivity index (χ4n) is 1.92. The van der Waals surface area contributed by atoms with Gasteiger partial charge in [0.05, 0.1) is 10.9 Å². The molecule has 1 saturated heterocycles. The molecular formula is C11H24N2O3S. The SMILES string of the molecule is CCOC(C)(C)CNS(=O)(=O)C1CCCNC1. The zero-order valence-corrected chi connectivity index (χ0v) is 11.8. The number of nitrogens with one attached hydrogen (secondary N) is 2. The second-order valence-corrected chi connectivity index (χ2v) is 7.07. The van der Waals surface area contributed by atoms with Crippen molar-refractivity contribution >= 4 is 10.0 Å². The molecule has 1 aliphatic heterocycles. The summed E-state index contributed by atoms with van der Waals surface area (Å²) < 4.78 is 32.2. The highest BCUT2D eigenvalue weighted by Gasteiger charge is 2.29. The maximum atomic E-state index is 12.0. The van der Waals surface area contributed by atoms with Crippen molar-refractivity contribution < 1.29 is 13.2 Å². The standard InChI is InChI=1S/C11H24N2O3S/c1-4-16-11(2,3)9-13-17(14,15)10-6-5-7-12-8-10/h10,12-13H,4-9H2,1-3H3. The summed E-state index contributed by atoms with van der Waals surface area (Å²) in [5.74, 6) is 0. The molecule has 1 atom stereocenters. The number of piperidine rings is 1. The lowest BCUT2D eigenvalue weighted by Gasteiger charge is -2.28. The third-order valence-electron chi connectivity index (χ3n) is 2.92. The predicted molar refractivity (Wildman–Crippen MR) is 68.5 cm³/mol. The number of rotatable bonds is 6. The van der Waals surface area contributed by atoms with E-state index in [4.69, 9.17) is 4.74 Å². The van der Waals surface area contributed by atoms with E-state index in [0.29, 0.717) is 19.7 Å². The molecule has 0 radical (unpaired) electrons. The van der Waals surface area contributed by atoms with Crippen molar-refractivity contribution in [1.29, 1.82) is 0 Å². The van der Waals surface area contributed by atoms with Crippen LogP contribution in [0.15, 0.2) is 0 Å². The van der Waals surface area contributed by atoms with E-state index >= 15 is 0 Å². The molecule has 0 spiro atoms. The van der Waals surface area contributed by atoms with Gasteiger partial charge in [-0.15, -0.1) is 0 Å². The van der Waals surface area contributed by atoms with Crippen LogP contribution < -0.4 is 10.0 Å². The smallest absolute Gasteiger partial charge is 0.215 e. The van der Waals surface area contributed by atoms with E-state index in [-0.39, 0.29) is 5.25 Å². The average molecular weight is 264 g/mol. The summed E-state index contributed by atoms with van der Waals surface area (Å²) >= 11 is 0. The normalized spacial score (nSPS) is 22.6. The topological polar surface area (TPSA) is 67.4 Å². The Bertz CT molecular complexity index is 322. The molecule has 0 aromatic carbocycles. The van der Waals surface area contributed by atoms with Gasteiger partial charge in [-0.2, -0.15) is 0 Å². The van der Waals surface area contributed by atoms with Crippen LogP contribution in [0.5, 0.6) is 0 Å². The van der Waals surface area contributed by atoms with E-state index in [1.54, 1.807) is 0 Å². The van der Waals surface area contributed by atoms with Crippen LogP contribution in [0, 0.1) is 0 Å². The first-order chi connectivity index (χ1) is 7.87. The average Bonchev–Trinajstić information content (AvgIpc) is 2.28. The highest BCUT2D eigenvalue weighted by Crippen LogP contribution is 2.13. The summed E-state index contributed by atoms with van der Waals surface area (Å²) in [4.78, 5) is 0. The lowest BCUT2D eigenvalue weighted by molar-refractivity contribution is -0.00519. The molecule has 0 saturated carbocycles. The van der Waals surface area contributed by atoms with Crippen LogP contribution in [0.2, 0.25) is 0 Å². The number of hydrogen-bond acceptors (Lipinski definition) is 4. The minimum atomic E-state index is -3.23. The van der Waals surface area contributed by atoms with Crippen molar-refractivity contribution in [3.05, 3.63) is 0 Å². The molecule has 0 aromatic rings. The summed E-state index contributed by atoms with van der Waals surface area (Å²) in [5, 5.41) is 2.80. The molecule has 0 amide bonds. The van der Waals surface area contributed by atoms with Gasteiger partial charge in [-0.1, -0.05) is 0 Å². The van der Waals surface area contributed by atoms with Gasteiger partial charge in [0.1, 0.15) is 0 Å². The second kappa shape index (κ2) is 6.13. The van der Waals surface area contributed by atoms with Crippen molar-refractivity contribution in [2.75, 3.05) is 26.2 Å². The Morgan fingerprint density at radius 2 is 2.18 bits per heavy atom. The van der Waals surface area contributed by atoms with Gasteiger partial charge >= 0.3 is 0 Å². The Morgan fingerprint density at radius 3 is 2.71 bits per heavy atom. The maximum Gasteiger partial charge on any atom is 0.215 e. The molecule has 1 aliphatic rings. The van der Waals surface area contributed by atoms with Gasteiger partial charge in [0, 0.05) is 19.7 Å². The first kappa shape index (κ1) is 14.9. The summed E-state index contributed by atoms with van der Waals surface area (Å²) in [6.07, 6.45) is 1.65. The predicted octanol–water partition coefficient (Wildman–Crippen LogP) is 0.473. The lowest BCUT2D eigenvalue weighted by Crippen LogP contribution is -2.48. The molecule has 102 valence electrons. The lowest BCUT2D eigenvalue weighted by atomic mass is 10.1. The van der Waals surface area contributed by atoms with Gasteiger partial charge in [-0.3, -0.25) is 0 Å². The van der Waals surface area contributed by atoms with Gasteiger partial charge in [0.2, 0.25) is 10.0 Å². The van der Waals surface area contributed by atoms with Gasteiger partial charge in [0.25, 0.3) is 0 Å². The molecule has 1 fully saturated rings. The molecule has 1 unspecified atom stereocenters. The van der Waals surface area contributed by atoms with E-state index in [2.05, 4.69) is 10.0 Å². The number of sulfonamides is 1. The highest BCUT2D eigenvalue weighted by molar-refractivity contribution is 7.90. The summed E-state index contributed by atoms with van der Waals surface area (Å²) in [6.45, 7) is 8.04. The van der Waals surface area contributed by atoms with E-state index < -0.39 is 15.6 Å². The molecule has 0 bridgehead atoms. The van der Waals surface area contributed by atoms with E-state index in [9.17, 15) is 8.42 Å². The van der Waals surface area contributed by atoms with Crippen molar-refractivity contribution in [2.45, 2.75) is 44.5 Å². The number of ether oxygens (including phenoxy) is 1. The van der Waals surface area contributed by atoms with Gasteiger partial charge in [-0.05, 0) is 40.2 Å². The number of hydrogen-bond donors (Lipinski definition) is 2. The molecule has 1 heterocycles. The zero-order valence-electron chi connectivity index (χ0n) is 11.0. The highest BCUT2D eigenvalue weighted by atomic mass is 32.2. The quantitative estimate of drug-likeness (QED) is 0.732. The molecule has 0 aliphatic carbocycles. The zero-order chi connectivity index (χ0) is 12.9. The Balaban J connectivity index is 2.49. The van der Waals surface area contributed by atoms with Crippen LogP contribution in [-0.2, 0) is 14.8 Å². The first-order valence-electron chi connectivity index (χ1n) is 6.20. The molecule has 1 rings (SSSR count). The second-order valence-electron chi connectivity index (χ2n) is 5.03. The van der Waals surface area contributed by atoms with Crippen LogP contribution >= 0.6 is 0 Å². The largest absolute Gasteiger partial charge is 0.375 e. The van der Waals surface area contributed by atoms with Crippen molar-refractivity contribution in [3.8, 4) is 0 Å². The van der Waals surface area contributed by atoms with Gasteiger partial charge < -0.3 is 10.1 Å². The fraction of sp³-hybridized carbons (Fsp3) is 1.00. The Morgan fingerprint density at radius 1 is 1.47 bits per heavy atom. The van der Waals surface area contributed by atoms with Gasteiger partial charge in [0.15, 0.2) is 0 Å². The van der Waals surface area contributed by atoms with E-state index in [1.165, 1.54) is 0 Å². The van der Waals surface area contributed by atoms with Crippen molar-refractivity contribution in [1.82, 2.24) is 10.0 Å². The summed E-state index contributed by atoms with van der Waals surface area (Å²) in [7, 11) is -3.23. The first-order valence-corrected chi connectivity index (χ1v) is 7.75. The Kier molecular flexibility index (Phi) is 5.37. The molecule has 0 aromatic heterocycles. The minimum absolute atomic E-state index is 0.311. The van der Waals surface area contributed by atoms with Gasteiger partial charge in [-0.25, -0.2) is 13.1 Å². The van der Waals surface area contributed by atoms with E-state index in [1.807, 2.05) is 20.8 Å².